The fourth-order valence-corrected chi connectivity index (χ4v) is 1.24. The van der Waals surface area contributed by atoms with Crippen molar-refractivity contribution in [1.29, 1.82) is 0 Å². The van der Waals surface area contributed by atoms with Gasteiger partial charge in [-0.05, 0) is 12.1 Å². The van der Waals surface area contributed by atoms with Gasteiger partial charge in [-0.3, -0.25) is 5.32 Å². The van der Waals surface area contributed by atoms with Crippen LogP contribution in [0, 0.1) is 30.6 Å². The molecule has 2 rings (SSSR count). The molecule has 0 amide bonds. The minimum atomic E-state index is -1.75. The molecule has 0 aliphatic heterocycles. The zero-order valence-electron chi connectivity index (χ0n) is 11.2. The molecule has 0 saturated heterocycles. The normalized spacial score (nSPS) is 8.36. The third-order valence-electron chi connectivity index (χ3n) is 1.96. The van der Waals surface area contributed by atoms with Gasteiger partial charge in [0.2, 0.25) is 0 Å². The van der Waals surface area contributed by atoms with Crippen LogP contribution in [0.25, 0.3) is 0 Å². The second-order valence-corrected chi connectivity index (χ2v) is 3.49. The number of hydrogen-bond acceptors (Lipinski definition) is 7. The summed E-state index contributed by atoms with van der Waals surface area (Å²) < 4.78 is 0. The summed E-state index contributed by atoms with van der Waals surface area (Å²) in [5.41, 5.74) is 1.23. The highest BCUT2D eigenvalue weighted by atomic mass is 16.9. The predicted octanol–water partition coefficient (Wildman–Crippen LogP) is 0.449. The summed E-state index contributed by atoms with van der Waals surface area (Å²) in [5.74, 6) is 1.02. The van der Waals surface area contributed by atoms with Gasteiger partial charge in [0.25, 0.3) is 5.82 Å². The molecule has 0 saturated carbocycles. The van der Waals surface area contributed by atoms with Crippen LogP contribution in [0.2, 0.25) is 0 Å². The molecular formula is C11H13N5O6. The quantitative estimate of drug-likeness (QED) is 0.632. The molecule has 0 aromatic carbocycles. The molecule has 0 fully saturated rings. The number of rotatable bonds is 3. The first-order chi connectivity index (χ1) is 10.4. The Morgan fingerprint density at radius 1 is 0.955 bits per heavy atom. The van der Waals surface area contributed by atoms with Crippen LogP contribution in [0.4, 0.5) is 5.82 Å². The Hall–Kier alpha value is -3.50. The lowest BCUT2D eigenvalue weighted by molar-refractivity contribution is -0.403. The van der Waals surface area contributed by atoms with E-state index in [1.165, 1.54) is 5.56 Å². The average Bonchev–Trinajstić information content (AvgIpc) is 2.46. The van der Waals surface area contributed by atoms with E-state index in [4.69, 9.17) is 30.6 Å². The van der Waals surface area contributed by atoms with E-state index in [9.17, 15) is 0 Å². The summed E-state index contributed by atoms with van der Waals surface area (Å²) in [6, 6.07) is 10.0. The van der Waals surface area contributed by atoms with Crippen molar-refractivity contribution in [2.45, 2.75) is 6.54 Å². The van der Waals surface area contributed by atoms with Crippen molar-refractivity contribution in [3.05, 3.63) is 85.1 Å². The number of hydrogen-bond donors (Lipinski definition) is 1. The highest BCUT2D eigenvalue weighted by Crippen LogP contribution is 1.99. The van der Waals surface area contributed by atoms with Crippen molar-refractivity contribution in [3.63, 3.8) is 0 Å². The first kappa shape index (κ1) is 18.5. The summed E-state index contributed by atoms with van der Waals surface area (Å²) in [6.45, 7) is 0.817. The van der Waals surface area contributed by atoms with Crippen molar-refractivity contribution in [2.24, 2.45) is 0 Å². The molecule has 0 spiro atoms. The highest BCUT2D eigenvalue weighted by Gasteiger charge is 2.00. The van der Waals surface area contributed by atoms with Gasteiger partial charge in [0.05, 0.1) is 21.9 Å². The lowest BCUT2D eigenvalue weighted by Gasteiger charge is -1.95. The Balaban J connectivity index is 0.000000464. The third-order valence-corrected chi connectivity index (χ3v) is 1.96. The van der Waals surface area contributed by atoms with Crippen LogP contribution in [0.1, 0.15) is 5.56 Å². The van der Waals surface area contributed by atoms with Crippen molar-refractivity contribution >= 4 is 5.82 Å². The fraction of sp³-hybridized carbons (Fsp3) is 0.0909. The number of aromatic nitrogens is 2. The van der Waals surface area contributed by atoms with Gasteiger partial charge < -0.3 is 30.6 Å². The largest absolute Gasteiger partial charge is 0.356 e. The molecule has 0 aliphatic carbocycles. The first-order valence-electron chi connectivity index (χ1n) is 5.70. The van der Waals surface area contributed by atoms with E-state index in [2.05, 4.69) is 21.4 Å². The Labute approximate surface area is 124 Å². The second-order valence-electron chi connectivity index (χ2n) is 3.49. The minimum Gasteiger partial charge on any atom is -0.356 e. The van der Waals surface area contributed by atoms with E-state index in [-0.39, 0.29) is 0 Å². The lowest BCUT2D eigenvalue weighted by atomic mass is 10.3. The van der Waals surface area contributed by atoms with Crippen LogP contribution in [0.15, 0.2) is 48.9 Å². The zero-order chi connectivity index (χ0) is 16.8. The lowest BCUT2D eigenvalue weighted by Crippen LogP contribution is -2.12. The maximum absolute atomic E-state index is 8.25. The van der Waals surface area contributed by atoms with E-state index in [0.29, 0.717) is 0 Å². The van der Waals surface area contributed by atoms with Gasteiger partial charge in [-0.25, -0.2) is 9.97 Å². The Morgan fingerprint density at radius 3 is 2.05 bits per heavy atom. The molecule has 0 unspecified atom stereocenters. The monoisotopic (exact) mass is 311 g/mol. The summed E-state index contributed by atoms with van der Waals surface area (Å²) in [7, 11) is 0. The van der Waals surface area contributed by atoms with Crippen molar-refractivity contribution in [2.75, 3.05) is 5.32 Å². The van der Waals surface area contributed by atoms with Crippen LogP contribution in [0.5, 0.6) is 0 Å². The molecule has 0 atom stereocenters. The smallest absolute Gasteiger partial charge is 0.272 e. The first-order valence-corrected chi connectivity index (χ1v) is 5.70. The molecule has 11 heteroatoms. The molecule has 0 aliphatic rings. The Kier molecular flexibility index (Phi) is 9.53. The Morgan fingerprint density at radius 2 is 1.59 bits per heavy atom. The standard InChI is InChI=1S/C11H11N3.2NO3/c1-2-7-13-11(5-1)14-9-10-4-3-6-12-8-10;2*2-1(3)4/h1-8H,9H2,(H,13,14);;/q;2*-1/p+2. The molecule has 11 nitrogen and oxygen atoms in total. The van der Waals surface area contributed by atoms with Crippen LogP contribution in [-0.4, -0.2) is 10.2 Å². The molecule has 3 N–H and O–H groups in total. The number of pyridine rings is 2. The van der Waals surface area contributed by atoms with E-state index in [0.717, 1.165) is 12.4 Å². The van der Waals surface area contributed by atoms with Crippen molar-refractivity contribution in [3.8, 4) is 0 Å². The molecule has 0 radical (unpaired) electrons. The van der Waals surface area contributed by atoms with Gasteiger partial charge in [-0.1, -0.05) is 6.07 Å². The Bertz CT molecular complexity index is 494. The van der Waals surface area contributed by atoms with Gasteiger partial charge in [0.1, 0.15) is 6.54 Å². The summed E-state index contributed by atoms with van der Waals surface area (Å²) in [5, 5.41) is 32.8. The molecule has 0 bridgehead atoms. The average molecular weight is 311 g/mol. The molecule has 2 aromatic rings. The molecule has 118 valence electrons. The number of nitrogens with one attached hydrogen (secondary N) is 3. The molecular weight excluding hydrogens is 298 g/mol. The van der Waals surface area contributed by atoms with Crippen LogP contribution in [0.3, 0.4) is 0 Å². The van der Waals surface area contributed by atoms with Crippen LogP contribution in [-0.2, 0) is 6.54 Å². The van der Waals surface area contributed by atoms with Crippen LogP contribution >= 0.6 is 0 Å². The van der Waals surface area contributed by atoms with E-state index in [1.807, 2.05) is 42.9 Å². The fourth-order valence-electron chi connectivity index (χ4n) is 1.24. The van der Waals surface area contributed by atoms with Gasteiger partial charge >= 0.3 is 0 Å². The molecule has 2 heterocycles. The topological polar surface area (TPSA) is 173 Å². The SMILES string of the molecule is O=[N+]([O-])[O-].O=[N+]([O-])[O-].c1ccc(NCc2ccc[nH+]c2)[nH+]c1. The zero-order valence-corrected chi connectivity index (χ0v) is 11.2. The molecule has 2 aromatic heterocycles. The summed E-state index contributed by atoms with van der Waals surface area (Å²) >= 11 is 0. The minimum absolute atomic E-state index is 0.817. The predicted molar refractivity (Wildman–Crippen MR) is 74.0 cm³/mol. The van der Waals surface area contributed by atoms with Gasteiger partial charge in [-0.15, -0.1) is 0 Å². The number of H-pyrrole nitrogens is 2. The number of anilines is 1. The van der Waals surface area contributed by atoms with E-state index < -0.39 is 10.2 Å². The van der Waals surface area contributed by atoms with Crippen molar-refractivity contribution in [1.82, 2.24) is 0 Å². The molecule has 22 heavy (non-hydrogen) atoms. The van der Waals surface area contributed by atoms with Gasteiger partial charge in [-0.2, -0.15) is 0 Å². The highest BCUT2D eigenvalue weighted by molar-refractivity contribution is 5.28. The van der Waals surface area contributed by atoms with E-state index in [1.54, 1.807) is 0 Å². The van der Waals surface area contributed by atoms with E-state index >= 15 is 0 Å². The second kappa shape index (κ2) is 11.3. The maximum atomic E-state index is 8.25. The van der Waals surface area contributed by atoms with Gasteiger partial charge in [0.15, 0.2) is 12.4 Å². The van der Waals surface area contributed by atoms with Gasteiger partial charge in [0, 0.05) is 12.1 Å². The third kappa shape index (κ3) is 12.9. The van der Waals surface area contributed by atoms with Crippen molar-refractivity contribution < 1.29 is 20.1 Å². The number of aromatic amines is 2. The summed E-state index contributed by atoms with van der Waals surface area (Å²) in [6.07, 6.45) is 5.79. The number of nitrogens with zero attached hydrogens (tertiary/aromatic N) is 2. The van der Waals surface area contributed by atoms with Crippen LogP contribution < -0.4 is 15.3 Å². The maximum Gasteiger partial charge on any atom is 0.272 e. The summed E-state index contributed by atoms with van der Waals surface area (Å²) in [4.78, 5) is 22.7.